The fourth-order valence-electron chi connectivity index (χ4n) is 2.92. The highest BCUT2D eigenvalue weighted by molar-refractivity contribution is 7.17. The molecule has 27 heavy (non-hydrogen) atoms. The van der Waals surface area contributed by atoms with Crippen LogP contribution in [0.5, 0.6) is 11.5 Å². The third-order valence-electron chi connectivity index (χ3n) is 4.37. The molecule has 1 saturated heterocycles. The van der Waals surface area contributed by atoms with Crippen molar-refractivity contribution in [3.63, 3.8) is 0 Å². The second kappa shape index (κ2) is 8.03. The lowest BCUT2D eigenvalue weighted by molar-refractivity contribution is 0.0328. The quantitative estimate of drug-likeness (QED) is 0.642. The Hall–Kier alpha value is -2.49. The number of hydrogen-bond acceptors (Lipinski definition) is 8. The summed E-state index contributed by atoms with van der Waals surface area (Å²) < 4.78 is 17.8. The van der Waals surface area contributed by atoms with E-state index in [4.69, 9.17) is 14.2 Å². The van der Waals surface area contributed by atoms with Gasteiger partial charge in [0.2, 0.25) is 4.96 Å². The molecule has 2 aromatic heterocycles. The molecule has 3 heterocycles. The molecule has 0 N–H and O–H groups in total. The Bertz CT molecular complexity index is 946. The Kier molecular flexibility index (Phi) is 5.33. The minimum Gasteiger partial charge on any atom is -0.493 e. The number of nitrogens with zero attached hydrogens (tertiary/aromatic N) is 5. The van der Waals surface area contributed by atoms with Gasteiger partial charge in [-0.25, -0.2) is 0 Å². The maximum absolute atomic E-state index is 5.39. The molecule has 8 nitrogen and oxygen atoms in total. The molecule has 0 unspecified atom stereocenters. The molecule has 0 saturated carbocycles. The number of fused-ring (bicyclic) bond motifs is 1. The van der Waals surface area contributed by atoms with Crippen LogP contribution in [0.25, 0.3) is 17.1 Å². The lowest BCUT2D eigenvalue weighted by Crippen LogP contribution is -2.36. The molecular formula is C18H21N5O3S. The molecule has 0 spiro atoms. The molecule has 0 radical (unpaired) electrons. The number of methoxy groups -OCH3 is 2. The summed E-state index contributed by atoms with van der Waals surface area (Å²) in [6.07, 6.45) is 3.97. The van der Waals surface area contributed by atoms with Gasteiger partial charge < -0.3 is 14.2 Å². The average molecular weight is 387 g/mol. The van der Waals surface area contributed by atoms with Crippen molar-refractivity contribution in [1.29, 1.82) is 0 Å². The Labute approximate surface area is 161 Å². The summed E-state index contributed by atoms with van der Waals surface area (Å²) in [6, 6.07) is 5.79. The summed E-state index contributed by atoms with van der Waals surface area (Å²) in [7, 11) is 3.26. The van der Waals surface area contributed by atoms with Crippen LogP contribution in [-0.2, 0) is 11.3 Å². The second-order valence-corrected chi connectivity index (χ2v) is 7.07. The van der Waals surface area contributed by atoms with E-state index in [1.807, 2.05) is 34.9 Å². The van der Waals surface area contributed by atoms with E-state index >= 15 is 0 Å². The summed E-state index contributed by atoms with van der Waals surface area (Å²) in [5.41, 5.74) is 1.01. The Balaban J connectivity index is 1.51. The number of rotatable bonds is 6. The number of aromatic nitrogens is 4. The number of benzene rings is 1. The highest BCUT2D eigenvalue weighted by Gasteiger charge is 2.16. The van der Waals surface area contributed by atoms with Crippen molar-refractivity contribution in [2.45, 2.75) is 6.54 Å². The first-order valence-electron chi connectivity index (χ1n) is 8.68. The third-order valence-corrected chi connectivity index (χ3v) is 5.23. The lowest BCUT2D eigenvalue weighted by Gasteiger charge is -2.25. The van der Waals surface area contributed by atoms with Gasteiger partial charge in [0.05, 0.1) is 34.0 Å². The van der Waals surface area contributed by atoms with E-state index in [0.717, 1.165) is 54.2 Å². The SMILES string of the molecule is COc1ccc(/C=C\c2nn3c(CN4CCOCC4)nnc3s2)cc1OC. The highest BCUT2D eigenvalue weighted by atomic mass is 32.1. The van der Waals surface area contributed by atoms with Crippen LogP contribution in [0.4, 0.5) is 0 Å². The molecule has 1 fully saturated rings. The third kappa shape index (κ3) is 3.95. The van der Waals surface area contributed by atoms with E-state index in [9.17, 15) is 0 Å². The van der Waals surface area contributed by atoms with E-state index in [1.165, 1.54) is 11.3 Å². The van der Waals surface area contributed by atoms with Crippen molar-refractivity contribution < 1.29 is 14.2 Å². The largest absolute Gasteiger partial charge is 0.493 e. The van der Waals surface area contributed by atoms with E-state index in [1.54, 1.807) is 14.2 Å². The van der Waals surface area contributed by atoms with Crippen LogP contribution >= 0.6 is 11.3 Å². The number of ether oxygens (including phenoxy) is 3. The topological polar surface area (TPSA) is 74.0 Å². The predicted molar refractivity (Wildman–Crippen MR) is 103 cm³/mol. The molecule has 1 aliphatic rings. The van der Waals surface area contributed by atoms with E-state index in [2.05, 4.69) is 20.2 Å². The van der Waals surface area contributed by atoms with Crippen LogP contribution < -0.4 is 9.47 Å². The highest BCUT2D eigenvalue weighted by Crippen LogP contribution is 2.28. The zero-order valence-electron chi connectivity index (χ0n) is 15.3. The number of hydrogen-bond donors (Lipinski definition) is 0. The van der Waals surface area contributed by atoms with Crippen LogP contribution in [0.1, 0.15) is 16.4 Å². The molecule has 0 atom stereocenters. The summed E-state index contributed by atoms with van der Waals surface area (Å²) in [4.78, 5) is 3.10. The van der Waals surface area contributed by atoms with Crippen LogP contribution in [0.15, 0.2) is 18.2 Å². The zero-order chi connectivity index (χ0) is 18.6. The summed E-state index contributed by atoms with van der Waals surface area (Å²) >= 11 is 1.51. The first-order chi connectivity index (χ1) is 13.3. The van der Waals surface area contributed by atoms with Gasteiger partial charge in [-0.05, 0) is 23.8 Å². The van der Waals surface area contributed by atoms with Crippen molar-refractivity contribution in [2.75, 3.05) is 40.5 Å². The monoisotopic (exact) mass is 387 g/mol. The van der Waals surface area contributed by atoms with Gasteiger partial charge in [-0.3, -0.25) is 4.90 Å². The number of morpholine rings is 1. The predicted octanol–water partition coefficient (Wildman–Crippen LogP) is 2.21. The van der Waals surface area contributed by atoms with Crippen LogP contribution in [-0.4, -0.2) is 65.2 Å². The van der Waals surface area contributed by atoms with Gasteiger partial charge in [-0.2, -0.15) is 9.61 Å². The Morgan fingerprint density at radius 3 is 2.70 bits per heavy atom. The van der Waals surface area contributed by atoms with Gasteiger partial charge in [-0.15, -0.1) is 10.2 Å². The van der Waals surface area contributed by atoms with Crippen molar-refractivity contribution in [3.8, 4) is 11.5 Å². The smallest absolute Gasteiger partial charge is 0.235 e. The molecule has 9 heteroatoms. The minimum absolute atomic E-state index is 0.700. The molecule has 0 amide bonds. The zero-order valence-corrected chi connectivity index (χ0v) is 16.1. The van der Waals surface area contributed by atoms with Crippen molar-refractivity contribution in [2.24, 2.45) is 0 Å². The van der Waals surface area contributed by atoms with Crippen molar-refractivity contribution in [3.05, 3.63) is 34.6 Å². The normalized spacial score (nSPS) is 15.6. The summed E-state index contributed by atoms with van der Waals surface area (Å²) in [5, 5.41) is 14.0. The van der Waals surface area contributed by atoms with E-state index in [-0.39, 0.29) is 0 Å². The van der Waals surface area contributed by atoms with Crippen LogP contribution in [0.3, 0.4) is 0 Å². The van der Waals surface area contributed by atoms with Gasteiger partial charge in [0.25, 0.3) is 0 Å². The van der Waals surface area contributed by atoms with Crippen LogP contribution in [0.2, 0.25) is 0 Å². The summed E-state index contributed by atoms with van der Waals surface area (Å²) in [6.45, 7) is 4.07. The van der Waals surface area contributed by atoms with Gasteiger partial charge in [0, 0.05) is 13.1 Å². The van der Waals surface area contributed by atoms with Gasteiger partial charge in [0.15, 0.2) is 17.3 Å². The molecule has 3 aromatic rings. The Morgan fingerprint density at radius 2 is 1.93 bits per heavy atom. The Morgan fingerprint density at radius 1 is 1.11 bits per heavy atom. The van der Waals surface area contributed by atoms with Crippen molar-refractivity contribution >= 4 is 28.4 Å². The molecule has 1 aliphatic heterocycles. The van der Waals surface area contributed by atoms with E-state index < -0.39 is 0 Å². The van der Waals surface area contributed by atoms with E-state index in [0.29, 0.717) is 11.5 Å². The lowest BCUT2D eigenvalue weighted by atomic mass is 10.2. The fraction of sp³-hybridized carbons (Fsp3) is 0.389. The molecule has 0 bridgehead atoms. The van der Waals surface area contributed by atoms with Gasteiger partial charge in [-0.1, -0.05) is 23.5 Å². The van der Waals surface area contributed by atoms with Crippen LogP contribution in [0, 0.1) is 0 Å². The molecule has 142 valence electrons. The molecule has 4 rings (SSSR count). The standard InChI is InChI=1S/C18H21N5O3S/c1-24-14-5-3-13(11-15(14)25-2)4-6-17-21-23-16(19-20-18(23)27-17)12-22-7-9-26-10-8-22/h3-6,11H,7-10,12H2,1-2H3/b6-4-. The molecule has 1 aromatic carbocycles. The minimum atomic E-state index is 0.700. The maximum atomic E-state index is 5.39. The maximum Gasteiger partial charge on any atom is 0.235 e. The van der Waals surface area contributed by atoms with Gasteiger partial charge >= 0.3 is 0 Å². The summed E-state index contributed by atoms with van der Waals surface area (Å²) in [5.74, 6) is 2.26. The first kappa shape index (κ1) is 17.9. The fourth-order valence-corrected chi connectivity index (χ4v) is 3.68. The average Bonchev–Trinajstić information content (AvgIpc) is 3.28. The van der Waals surface area contributed by atoms with Gasteiger partial charge in [0.1, 0.15) is 5.01 Å². The molecular weight excluding hydrogens is 366 g/mol. The van der Waals surface area contributed by atoms with Crippen molar-refractivity contribution in [1.82, 2.24) is 24.7 Å². The molecule has 0 aliphatic carbocycles. The first-order valence-corrected chi connectivity index (χ1v) is 9.50. The second-order valence-electron chi connectivity index (χ2n) is 6.09.